The van der Waals surface area contributed by atoms with Crippen LogP contribution in [0.4, 0.5) is 13.2 Å². The molecular weight excluding hydrogens is 1350 g/mol. The molecule has 1 aromatic carbocycles. The molecule has 4 saturated carbocycles. The van der Waals surface area contributed by atoms with Crippen molar-refractivity contribution in [2.24, 2.45) is 17.8 Å². The average molecular weight is 1460 g/mol. The van der Waals surface area contributed by atoms with Gasteiger partial charge in [0.15, 0.2) is 0 Å². The van der Waals surface area contributed by atoms with Gasteiger partial charge in [-0.25, -0.2) is 0 Å². The third-order valence-electron chi connectivity index (χ3n) is 22.7. The van der Waals surface area contributed by atoms with Gasteiger partial charge >= 0.3 is 6.18 Å². The van der Waals surface area contributed by atoms with E-state index in [0.29, 0.717) is 70.0 Å². The number of likely N-dealkylation sites (N-methyl/N-ethyl adjacent to an activating group) is 7. The highest BCUT2D eigenvalue weighted by Gasteiger charge is 2.52. The van der Waals surface area contributed by atoms with Gasteiger partial charge in [0, 0.05) is 69.0 Å². The number of carbonyl (C=O) groups is 12. The first-order chi connectivity index (χ1) is 48.3. The van der Waals surface area contributed by atoms with Gasteiger partial charge in [0.05, 0.1) is 49.4 Å². The summed E-state index contributed by atoms with van der Waals surface area (Å²) in [5.41, 5.74) is -2.35. The van der Waals surface area contributed by atoms with Gasteiger partial charge in [0.1, 0.15) is 47.8 Å². The summed E-state index contributed by atoms with van der Waals surface area (Å²) in [5.74, 6) is -8.78. The zero-order valence-electron chi connectivity index (χ0n) is 61.3. The Balaban J connectivity index is 1.17. The van der Waals surface area contributed by atoms with E-state index in [1.807, 2.05) is 6.92 Å². The van der Waals surface area contributed by atoms with Gasteiger partial charge in [-0.15, -0.1) is 0 Å². The Hall–Kier alpha value is -7.10. The Morgan fingerprint density at radius 3 is 1.85 bits per heavy atom. The highest BCUT2D eigenvalue weighted by atomic mass is 35.5. The second-order valence-corrected chi connectivity index (χ2v) is 30.5. The highest BCUT2D eigenvalue weighted by Crippen LogP contribution is 2.39. The summed E-state index contributed by atoms with van der Waals surface area (Å²) >= 11 is 6.17. The molecule has 12 amide bonds. The molecule has 3 aliphatic heterocycles. The standard InChI is InChI=1S/C73H110ClF3N12O13/c1-10-46(2)62-69(99)83(5)43-60(92)81(3)44-61(93)84(6)55(40-47-23-14-11-15-24-47)67(97)82(4)42-58(90)78-53(33-29-48-28-32-51(52(74)39-48)73(75,76)77)66(96)89-38-22-27-54(89)65(95)80-72(34-18-19-35-72)71(101)87(9)63(49-25-16-12-17-26-49)70(100)86(8)56(68(98)88-36-20-13-21-37-88)41-59(91)85(7)57(64(94)79-62)45-102-50-30-31-50/h28,32,39,46-47,49-50,53-57,62-63H,10-27,29-31,33-38,40-45H2,1-9H3,(H,78,90)(H,79,94)(H,80,95)/t46-,53-,54?,55-,56-,57-,62-,63-/m0/s1. The first-order valence-electron chi connectivity index (χ1n) is 37.1. The monoisotopic (exact) mass is 1450 g/mol. The SMILES string of the molecule is CC[C@H](C)[C@@H]1NC(=O)[C@H](COC2CC2)N(C)C(=O)C[C@@H](C(=O)N2CCCCC2)N(C)C(=O)[C@H](C2CCCCC2)N(C)C(=O)C2(CCCC2)NC(=O)C2CCCN2C(=O)[C@H](CCc2ccc(C(F)(F)F)c(Cl)c2)NC(=O)CN(C)C(=O)[C@H](CC2CCCCC2)N(C)C(=O)CN(C)C(=O)CN(C)C1=O. The van der Waals surface area contributed by atoms with Crippen LogP contribution in [-0.2, 0) is 74.9 Å². The summed E-state index contributed by atoms with van der Waals surface area (Å²) in [6, 6.07) is -5.78. The topological polar surface area (TPSA) is 279 Å². The molecular formula is C73H110ClF3N12O13. The Morgan fingerprint density at radius 2 is 1.24 bits per heavy atom. The average Bonchev–Trinajstić information content (AvgIpc) is 1.34. The number of ether oxygens (including phenoxy) is 1. The van der Waals surface area contributed by atoms with Crippen LogP contribution in [0.25, 0.3) is 0 Å². The largest absolute Gasteiger partial charge is 0.417 e. The van der Waals surface area contributed by atoms with Crippen molar-refractivity contribution in [3.63, 3.8) is 0 Å². The van der Waals surface area contributed by atoms with E-state index in [1.54, 1.807) is 11.8 Å². The molecule has 0 bridgehead atoms. The quantitative estimate of drug-likeness (QED) is 0.232. The van der Waals surface area contributed by atoms with Crippen LogP contribution in [0, 0.1) is 17.8 Å². The molecule has 25 nitrogen and oxygen atoms in total. The second kappa shape index (κ2) is 36.1. The Bertz CT molecular complexity index is 3190. The number of hydrogen-bond acceptors (Lipinski definition) is 13. The van der Waals surface area contributed by atoms with Crippen LogP contribution in [-0.4, -0.2) is 264 Å². The predicted molar refractivity (Wildman–Crippen MR) is 373 cm³/mol. The molecule has 29 heteroatoms. The van der Waals surface area contributed by atoms with Crippen molar-refractivity contribution in [1.29, 1.82) is 0 Å². The van der Waals surface area contributed by atoms with Crippen LogP contribution in [0.1, 0.15) is 185 Å². The van der Waals surface area contributed by atoms with Crippen LogP contribution in [0.15, 0.2) is 18.2 Å². The Labute approximate surface area is 603 Å². The third-order valence-corrected chi connectivity index (χ3v) is 23.0. The van der Waals surface area contributed by atoms with Gasteiger partial charge in [-0.3, -0.25) is 57.5 Å². The van der Waals surface area contributed by atoms with Crippen molar-refractivity contribution in [2.45, 2.75) is 241 Å². The number of hydrogen-bond donors (Lipinski definition) is 3. The Kier molecular flexibility index (Phi) is 28.5. The van der Waals surface area contributed by atoms with Crippen LogP contribution in [0.3, 0.4) is 0 Å². The van der Waals surface area contributed by atoms with Crippen LogP contribution in [0.2, 0.25) is 5.02 Å². The molecule has 4 aliphatic carbocycles. The molecule has 0 radical (unpaired) electrons. The molecule has 568 valence electrons. The summed E-state index contributed by atoms with van der Waals surface area (Å²) in [5, 5.41) is 8.15. The van der Waals surface area contributed by atoms with E-state index in [-0.39, 0.29) is 63.7 Å². The van der Waals surface area contributed by atoms with E-state index in [4.69, 9.17) is 16.3 Å². The molecule has 8 rings (SSSR count). The second-order valence-electron chi connectivity index (χ2n) is 30.1. The number of piperidine rings is 1. The lowest BCUT2D eigenvalue weighted by molar-refractivity contribution is -0.157. The molecule has 3 saturated heterocycles. The molecule has 3 heterocycles. The first kappa shape index (κ1) is 80.6. The van der Waals surface area contributed by atoms with Gasteiger partial charge in [-0.05, 0) is 125 Å². The van der Waals surface area contributed by atoms with E-state index < -0.39 is 173 Å². The molecule has 8 atom stereocenters. The minimum absolute atomic E-state index is 0.0156. The number of benzene rings is 1. The zero-order chi connectivity index (χ0) is 74.5. The number of aryl methyl sites for hydroxylation is 1. The van der Waals surface area contributed by atoms with Crippen molar-refractivity contribution >= 4 is 82.5 Å². The number of fused-ring (bicyclic) bond motifs is 1. The lowest BCUT2D eigenvalue weighted by atomic mass is 9.81. The maximum Gasteiger partial charge on any atom is 0.417 e. The van der Waals surface area contributed by atoms with Gasteiger partial charge in [-0.1, -0.05) is 102 Å². The van der Waals surface area contributed by atoms with Crippen molar-refractivity contribution in [3.05, 3.63) is 34.3 Å². The van der Waals surface area contributed by atoms with Crippen LogP contribution in [0.5, 0.6) is 0 Å². The summed E-state index contributed by atoms with van der Waals surface area (Å²) in [4.78, 5) is 191. The van der Waals surface area contributed by atoms with Gasteiger partial charge in [0.25, 0.3) is 0 Å². The third kappa shape index (κ3) is 20.2. The van der Waals surface area contributed by atoms with E-state index in [9.17, 15) is 41.9 Å². The molecule has 1 aromatic rings. The fourth-order valence-corrected chi connectivity index (χ4v) is 16.1. The van der Waals surface area contributed by atoms with Crippen molar-refractivity contribution < 1.29 is 75.4 Å². The van der Waals surface area contributed by atoms with Gasteiger partial charge in [0.2, 0.25) is 70.9 Å². The highest BCUT2D eigenvalue weighted by molar-refractivity contribution is 6.31. The van der Waals surface area contributed by atoms with Gasteiger partial charge < -0.3 is 64.8 Å². The molecule has 7 aliphatic rings. The number of carbonyl (C=O) groups excluding carboxylic acids is 12. The number of halogens is 4. The summed E-state index contributed by atoms with van der Waals surface area (Å²) in [6.07, 6.45) is 8.07. The summed E-state index contributed by atoms with van der Waals surface area (Å²) in [6.45, 7) is 2.36. The summed E-state index contributed by atoms with van der Waals surface area (Å²) < 4.78 is 47.8. The van der Waals surface area contributed by atoms with Crippen molar-refractivity contribution in [3.8, 4) is 0 Å². The predicted octanol–water partition coefficient (Wildman–Crippen LogP) is 5.56. The molecule has 3 N–H and O–H groups in total. The maximum atomic E-state index is 15.8. The minimum atomic E-state index is -4.76. The lowest BCUT2D eigenvalue weighted by Gasteiger charge is -2.43. The number of amides is 12. The molecule has 1 unspecified atom stereocenters. The van der Waals surface area contributed by atoms with E-state index in [0.717, 1.165) is 97.5 Å². The smallest absolute Gasteiger partial charge is 0.376 e. The number of likely N-dealkylation sites (tertiary alicyclic amines) is 1. The summed E-state index contributed by atoms with van der Waals surface area (Å²) in [7, 11) is 9.94. The number of nitrogens with zero attached hydrogens (tertiary/aromatic N) is 9. The fourth-order valence-electron chi connectivity index (χ4n) is 15.8. The zero-order valence-corrected chi connectivity index (χ0v) is 62.0. The van der Waals surface area contributed by atoms with E-state index in [1.165, 1.54) is 79.9 Å². The molecule has 7 fully saturated rings. The number of rotatable bonds is 12. The first-order valence-corrected chi connectivity index (χ1v) is 37.5. The molecule has 1 spiro atoms. The number of alkyl halides is 3. The van der Waals surface area contributed by atoms with Gasteiger partial charge in [-0.2, -0.15) is 13.2 Å². The normalized spacial score (nSPS) is 27.3. The van der Waals surface area contributed by atoms with E-state index >= 15 is 28.8 Å². The molecule has 0 aromatic heterocycles. The van der Waals surface area contributed by atoms with Crippen LogP contribution >= 0.6 is 11.6 Å². The van der Waals surface area contributed by atoms with Crippen LogP contribution < -0.4 is 16.0 Å². The van der Waals surface area contributed by atoms with Crippen molar-refractivity contribution in [2.75, 3.05) is 95.2 Å². The lowest BCUT2D eigenvalue weighted by Crippen LogP contribution is -2.65. The molecule has 102 heavy (non-hydrogen) atoms. The maximum absolute atomic E-state index is 15.8. The van der Waals surface area contributed by atoms with E-state index in [2.05, 4.69) is 16.0 Å². The van der Waals surface area contributed by atoms with Crippen molar-refractivity contribution in [1.82, 2.24) is 60.0 Å². The fraction of sp³-hybridized carbons (Fsp3) is 0.753. The Morgan fingerprint density at radius 1 is 0.627 bits per heavy atom. The minimum Gasteiger partial charge on any atom is -0.376 e. The number of nitrogens with one attached hydrogen (secondary N) is 3.